The van der Waals surface area contributed by atoms with Gasteiger partial charge in [-0.3, -0.25) is 0 Å². The van der Waals surface area contributed by atoms with Crippen molar-refractivity contribution < 1.29 is 0 Å². The maximum absolute atomic E-state index is 7.40. The number of nitrogens with one attached hydrogen (secondary N) is 1. The minimum Gasteiger partial charge on any atom is -0.304 e. The Balaban J connectivity index is 2.86. The van der Waals surface area contributed by atoms with E-state index in [-0.39, 0.29) is 5.25 Å². The molecule has 9 heavy (non-hydrogen) atoms. The van der Waals surface area contributed by atoms with Crippen molar-refractivity contribution in [1.29, 1.82) is 5.41 Å². The van der Waals surface area contributed by atoms with Crippen LogP contribution in [0.3, 0.4) is 0 Å². The van der Waals surface area contributed by atoms with Crippen molar-refractivity contribution >= 4 is 18.3 Å². The first-order valence-corrected chi connectivity index (χ1v) is 3.35. The van der Waals surface area contributed by atoms with Gasteiger partial charge in [0, 0.05) is 0 Å². The van der Waals surface area contributed by atoms with Gasteiger partial charge in [-0.1, -0.05) is 18.2 Å². The molecule has 0 saturated carbocycles. The number of allylic oxidation sites excluding steroid dienone is 3. The summed E-state index contributed by atoms with van der Waals surface area (Å²) in [5, 5.41) is 7.41. The van der Waals surface area contributed by atoms with E-state index >= 15 is 0 Å². The molecule has 48 valence electrons. The van der Waals surface area contributed by atoms with Gasteiger partial charge in [0.25, 0.3) is 0 Å². The van der Waals surface area contributed by atoms with Crippen LogP contribution >= 0.6 is 12.6 Å². The summed E-state index contributed by atoms with van der Waals surface area (Å²) >= 11 is 4.16. The zero-order valence-electron chi connectivity index (χ0n) is 5.26. The van der Waals surface area contributed by atoms with Crippen molar-refractivity contribution in [3.63, 3.8) is 0 Å². The zero-order valence-corrected chi connectivity index (χ0v) is 6.15. The number of rotatable bonds is 0. The van der Waals surface area contributed by atoms with E-state index in [0.29, 0.717) is 5.71 Å². The molecule has 0 aromatic rings. The Labute approximate surface area is 60.4 Å². The van der Waals surface area contributed by atoms with E-state index in [0.717, 1.165) is 5.57 Å². The van der Waals surface area contributed by atoms with Gasteiger partial charge in [0.1, 0.15) is 0 Å². The number of thiol groups is 1. The summed E-state index contributed by atoms with van der Waals surface area (Å²) in [6.45, 7) is 1.93. The van der Waals surface area contributed by atoms with Crippen molar-refractivity contribution in [2.45, 2.75) is 12.2 Å². The average Bonchev–Trinajstić information content (AvgIpc) is 1.83. The molecule has 0 amide bonds. The first-order valence-electron chi connectivity index (χ1n) is 2.84. The Bertz CT molecular complexity index is 191. The maximum atomic E-state index is 7.40. The van der Waals surface area contributed by atoms with Crippen LogP contribution < -0.4 is 0 Å². The van der Waals surface area contributed by atoms with Gasteiger partial charge in [0.05, 0.1) is 11.0 Å². The molecule has 0 spiro atoms. The minimum absolute atomic E-state index is 0.00926. The molecular formula is C7H9NS. The molecule has 0 saturated heterocycles. The summed E-state index contributed by atoms with van der Waals surface area (Å²) in [6, 6.07) is 0. The largest absolute Gasteiger partial charge is 0.304 e. The lowest BCUT2D eigenvalue weighted by atomic mass is 10.0. The van der Waals surface area contributed by atoms with E-state index in [4.69, 9.17) is 5.41 Å². The second-order valence-electron chi connectivity index (χ2n) is 2.09. The molecule has 1 aliphatic rings. The van der Waals surface area contributed by atoms with Crippen LogP contribution in [0.4, 0.5) is 0 Å². The van der Waals surface area contributed by atoms with Crippen molar-refractivity contribution in [1.82, 2.24) is 0 Å². The third kappa shape index (κ3) is 1.24. The first-order chi connectivity index (χ1) is 4.22. The Morgan fingerprint density at radius 1 is 1.67 bits per heavy atom. The van der Waals surface area contributed by atoms with Crippen molar-refractivity contribution in [3.8, 4) is 0 Å². The molecular weight excluding hydrogens is 130 g/mol. The molecule has 0 bridgehead atoms. The third-order valence-electron chi connectivity index (χ3n) is 1.36. The minimum atomic E-state index is 0.00926. The van der Waals surface area contributed by atoms with E-state index < -0.39 is 0 Å². The summed E-state index contributed by atoms with van der Waals surface area (Å²) in [6.07, 6.45) is 5.76. The summed E-state index contributed by atoms with van der Waals surface area (Å²) in [5.41, 5.74) is 1.62. The Kier molecular flexibility index (Phi) is 1.76. The lowest BCUT2D eigenvalue weighted by Crippen LogP contribution is -2.14. The van der Waals surface area contributed by atoms with Crippen LogP contribution in [-0.4, -0.2) is 11.0 Å². The van der Waals surface area contributed by atoms with E-state index in [1.54, 1.807) is 0 Å². The lowest BCUT2D eigenvalue weighted by molar-refractivity contribution is 1.32. The molecule has 0 fully saturated rings. The van der Waals surface area contributed by atoms with Gasteiger partial charge in [-0.15, -0.1) is 0 Å². The Morgan fingerprint density at radius 3 is 2.78 bits per heavy atom. The van der Waals surface area contributed by atoms with Crippen molar-refractivity contribution in [2.24, 2.45) is 0 Å². The van der Waals surface area contributed by atoms with Crippen LogP contribution in [0.2, 0.25) is 0 Å². The van der Waals surface area contributed by atoms with Crippen LogP contribution in [0.1, 0.15) is 6.92 Å². The van der Waals surface area contributed by atoms with Gasteiger partial charge in [-0.25, -0.2) is 0 Å². The Hall–Kier alpha value is -0.500. The summed E-state index contributed by atoms with van der Waals surface area (Å²) < 4.78 is 0. The van der Waals surface area contributed by atoms with Gasteiger partial charge >= 0.3 is 0 Å². The van der Waals surface area contributed by atoms with Gasteiger partial charge in [0.2, 0.25) is 0 Å². The van der Waals surface area contributed by atoms with Crippen LogP contribution in [0.15, 0.2) is 23.8 Å². The molecule has 1 rings (SSSR count). The fourth-order valence-electron chi connectivity index (χ4n) is 0.724. The second kappa shape index (κ2) is 2.40. The van der Waals surface area contributed by atoms with Crippen LogP contribution in [0.5, 0.6) is 0 Å². The molecule has 0 aliphatic heterocycles. The van der Waals surface area contributed by atoms with Gasteiger partial charge < -0.3 is 5.41 Å². The smallest absolute Gasteiger partial charge is 0.0618 e. The maximum Gasteiger partial charge on any atom is 0.0618 e. The molecule has 0 aromatic carbocycles. The molecule has 0 aromatic heterocycles. The standard InChI is InChI=1S/C7H9NS/c1-5-3-2-4-6(9)7(5)8/h2-4,6,8-9H,1H3. The summed E-state index contributed by atoms with van der Waals surface area (Å²) in [5.74, 6) is 0. The SMILES string of the molecule is CC1=CC=CC(S)C1=N. The van der Waals surface area contributed by atoms with Gasteiger partial charge in [-0.2, -0.15) is 12.6 Å². The highest BCUT2D eigenvalue weighted by Crippen LogP contribution is 2.12. The molecule has 1 atom stereocenters. The predicted molar refractivity (Wildman–Crippen MR) is 43.4 cm³/mol. The van der Waals surface area contributed by atoms with Crippen LogP contribution in [-0.2, 0) is 0 Å². The van der Waals surface area contributed by atoms with Crippen LogP contribution in [0.25, 0.3) is 0 Å². The highest BCUT2D eigenvalue weighted by molar-refractivity contribution is 7.82. The molecule has 1 N–H and O–H groups in total. The highest BCUT2D eigenvalue weighted by atomic mass is 32.1. The second-order valence-corrected chi connectivity index (χ2v) is 2.65. The quantitative estimate of drug-likeness (QED) is 0.478. The summed E-state index contributed by atoms with van der Waals surface area (Å²) in [4.78, 5) is 0. The van der Waals surface area contributed by atoms with E-state index in [9.17, 15) is 0 Å². The average molecular weight is 139 g/mol. The van der Waals surface area contributed by atoms with Crippen molar-refractivity contribution in [3.05, 3.63) is 23.8 Å². The summed E-state index contributed by atoms with van der Waals surface area (Å²) in [7, 11) is 0. The molecule has 2 heteroatoms. The van der Waals surface area contributed by atoms with E-state index in [1.165, 1.54) is 0 Å². The fourth-order valence-corrected chi connectivity index (χ4v) is 1.03. The predicted octanol–water partition coefficient (Wildman–Crippen LogP) is 1.82. The third-order valence-corrected chi connectivity index (χ3v) is 1.79. The van der Waals surface area contributed by atoms with Crippen LogP contribution in [0, 0.1) is 5.41 Å². The molecule has 1 aliphatic carbocycles. The van der Waals surface area contributed by atoms with E-state index in [1.807, 2.05) is 25.2 Å². The lowest BCUT2D eigenvalue weighted by Gasteiger charge is -2.10. The Morgan fingerprint density at radius 2 is 2.33 bits per heavy atom. The molecule has 0 radical (unpaired) electrons. The highest BCUT2D eigenvalue weighted by Gasteiger charge is 2.09. The van der Waals surface area contributed by atoms with Gasteiger partial charge in [0.15, 0.2) is 0 Å². The number of hydrogen-bond acceptors (Lipinski definition) is 2. The fraction of sp³-hybridized carbons (Fsp3) is 0.286. The van der Waals surface area contributed by atoms with E-state index in [2.05, 4.69) is 12.6 Å². The molecule has 1 unspecified atom stereocenters. The zero-order chi connectivity index (χ0) is 6.85. The first kappa shape index (κ1) is 6.62. The normalized spacial score (nSPS) is 26.2. The van der Waals surface area contributed by atoms with Gasteiger partial charge in [-0.05, 0) is 12.5 Å². The number of hydrogen-bond donors (Lipinski definition) is 2. The monoisotopic (exact) mass is 139 g/mol. The van der Waals surface area contributed by atoms with Crippen molar-refractivity contribution in [2.75, 3.05) is 0 Å². The molecule has 1 nitrogen and oxygen atoms in total. The molecule has 0 heterocycles. The topological polar surface area (TPSA) is 23.9 Å².